The van der Waals surface area contributed by atoms with Gasteiger partial charge in [-0.2, -0.15) is 0 Å². The van der Waals surface area contributed by atoms with Crippen molar-refractivity contribution < 1.29 is 38.4 Å². The van der Waals surface area contributed by atoms with Crippen molar-refractivity contribution in [2.75, 3.05) is 21.3 Å². The van der Waals surface area contributed by atoms with Crippen LogP contribution in [0.2, 0.25) is 0 Å². The first-order valence-electron chi connectivity index (χ1n) is 25.0. The number of carbonyl (C=O) groups is 8. The fourth-order valence-electron chi connectivity index (χ4n) is 11.4. The number of carbonyl (C=O) groups excluding carboxylic acids is 8. The first kappa shape index (κ1) is 45.6. The Morgan fingerprint density at radius 1 is 0.256 bits per heavy atom. The lowest BCUT2D eigenvalue weighted by atomic mass is 9.75. The molecule has 12 heteroatoms. The van der Waals surface area contributed by atoms with Crippen molar-refractivity contribution in [3.63, 3.8) is 0 Å². The first-order valence-corrected chi connectivity index (χ1v) is 25.0. The summed E-state index contributed by atoms with van der Waals surface area (Å²) in [4.78, 5) is 113. The molecule has 0 heterocycles. The minimum Gasteiger partial charge on any atom is -0.355 e. The predicted molar refractivity (Wildman–Crippen MR) is 297 cm³/mol. The lowest BCUT2D eigenvalue weighted by Crippen LogP contribution is -2.25. The average Bonchev–Trinajstić information content (AvgIpc) is 3.66. The van der Waals surface area contributed by atoms with Crippen molar-refractivity contribution in [1.82, 2.24) is 0 Å². The molecule has 0 atom stereocenters. The van der Waals surface area contributed by atoms with Gasteiger partial charge in [-0.25, -0.2) is 0 Å². The average molecular weight is 1010 g/mol. The first-order chi connectivity index (χ1) is 38.0. The van der Waals surface area contributed by atoms with Gasteiger partial charge >= 0.3 is 0 Å². The van der Waals surface area contributed by atoms with Gasteiger partial charge in [0.1, 0.15) is 0 Å². The zero-order chi connectivity index (χ0) is 53.1. The molecule has 0 bridgehead atoms. The maximum Gasteiger partial charge on any atom is 0.255 e. The molecule has 0 aliphatic heterocycles. The van der Waals surface area contributed by atoms with Gasteiger partial charge in [-0.15, -0.1) is 0 Å². The van der Waals surface area contributed by atoms with Crippen molar-refractivity contribution in [3.05, 3.63) is 272 Å². The number of ketones is 6. The van der Waals surface area contributed by atoms with Crippen LogP contribution in [0.25, 0.3) is 33.0 Å². The van der Waals surface area contributed by atoms with E-state index < -0.39 is 34.9 Å². The number of benzene rings is 10. The van der Waals surface area contributed by atoms with Gasteiger partial charge in [0.05, 0.1) is 45.0 Å². The van der Waals surface area contributed by atoms with E-state index in [0.717, 1.165) is 11.1 Å². The number of hydrogen-bond donors (Lipinski definition) is 4. The molecule has 12 nitrogen and oxygen atoms in total. The molecular formula is C66H36N4O8. The molecule has 0 saturated carbocycles. The number of anilines is 6. The Labute approximate surface area is 443 Å². The van der Waals surface area contributed by atoms with Crippen LogP contribution in [0.4, 0.5) is 34.1 Å². The molecule has 2 amide bonds. The summed E-state index contributed by atoms with van der Waals surface area (Å²) in [5.41, 5.74) is 8.26. The largest absolute Gasteiger partial charge is 0.355 e. The van der Waals surface area contributed by atoms with Gasteiger partial charge in [0.2, 0.25) is 0 Å². The Kier molecular flexibility index (Phi) is 10.1. The third kappa shape index (κ3) is 6.87. The summed E-state index contributed by atoms with van der Waals surface area (Å²) in [5, 5.41) is 13.6. The molecular weight excluding hydrogens is 977 g/mol. The van der Waals surface area contributed by atoms with Crippen LogP contribution in [0.5, 0.6) is 0 Å². The highest BCUT2D eigenvalue weighted by atomic mass is 16.2. The topological polar surface area (TPSA) is 185 Å². The lowest BCUT2D eigenvalue weighted by Gasteiger charge is -2.27. The quantitative estimate of drug-likeness (QED) is 0.114. The van der Waals surface area contributed by atoms with E-state index >= 15 is 0 Å². The third-order valence-corrected chi connectivity index (χ3v) is 15.0. The second-order valence-electron chi connectivity index (χ2n) is 19.4. The van der Waals surface area contributed by atoms with Crippen molar-refractivity contribution in [3.8, 4) is 22.3 Å². The smallest absolute Gasteiger partial charge is 0.255 e. The van der Waals surface area contributed by atoms with Crippen molar-refractivity contribution in [1.29, 1.82) is 0 Å². The van der Waals surface area contributed by atoms with Crippen LogP contribution in [0.3, 0.4) is 0 Å². The van der Waals surface area contributed by atoms with E-state index in [0.29, 0.717) is 78.0 Å². The Morgan fingerprint density at radius 2 is 0.564 bits per heavy atom. The highest BCUT2D eigenvalue weighted by Gasteiger charge is 2.38. The molecule has 4 aliphatic rings. The lowest BCUT2D eigenvalue weighted by molar-refractivity contribution is 0.0979. The summed E-state index contributed by atoms with van der Waals surface area (Å²) >= 11 is 0. The summed E-state index contributed by atoms with van der Waals surface area (Å²) < 4.78 is 0. The Hall–Kier alpha value is -11.0. The van der Waals surface area contributed by atoms with E-state index in [2.05, 4.69) is 21.3 Å². The second-order valence-corrected chi connectivity index (χ2v) is 19.4. The molecule has 10 aromatic carbocycles. The number of fused-ring (bicyclic) bond motifs is 8. The van der Waals surface area contributed by atoms with E-state index in [-0.39, 0.29) is 67.4 Å². The van der Waals surface area contributed by atoms with Crippen LogP contribution in [0, 0.1) is 0 Å². The van der Waals surface area contributed by atoms with Gasteiger partial charge in [-0.1, -0.05) is 109 Å². The highest BCUT2D eigenvalue weighted by Crippen LogP contribution is 2.49. The Balaban J connectivity index is 0.799. The number of amides is 2. The van der Waals surface area contributed by atoms with Gasteiger partial charge in [-0.3, -0.25) is 38.4 Å². The predicted octanol–water partition coefficient (Wildman–Crippen LogP) is 12.8. The van der Waals surface area contributed by atoms with Crippen molar-refractivity contribution in [2.24, 2.45) is 0 Å². The molecule has 4 aliphatic carbocycles. The molecule has 368 valence electrons. The van der Waals surface area contributed by atoms with Crippen LogP contribution in [-0.2, 0) is 0 Å². The summed E-state index contributed by atoms with van der Waals surface area (Å²) in [5.74, 6) is -3.07. The summed E-state index contributed by atoms with van der Waals surface area (Å²) in [6.45, 7) is 0. The van der Waals surface area contributed by atoms with Gasteiger partial charge in [0.15, 0.2) is 34.7 Å². The second kappa shape index (κ2) is 17.3. The van der Waals surface area contributed by atoms with Crippen molar-refractivity contribution in [2.45, 2.75) is 0 Å². The molecule has 0 aromatic heterocycles. The highest BCUT2D eigenvalue weighted by molar-refractivity contribution is 6.36. The fourth-order valence-corrected chi connectivity index (χ4v) is 11.4. The minimum atomic E-state index is -0.445. The van der Waals surface area contributed by atoms with E-state index in [1.54, 1.807) is 170 Å². The molecule has 0 radical (unpaired) electrons. The molecule has 0 fully saturated rings. The van der Waals surface area contributed by atoms with Crippen LogP contribution in [0.1, 0.15) is 116 Å². The monoisotopic (exact) mass is 1010 g/mol. The zero-order valence-electron chi connectivity index (χ0n) is 40.7. The molecule has 0 spiro atoms. The maximum absolute atomic E-state index is 14.7. The molecule has 10 aromatic rings. The van der Waals surface area contributed by atoms with E-state index in [9.17, 15) is 38.4 Å². The van der Waals surface area contributed by atoms with Crippen LogP contribution in [-0.4, -0.2) is 46.5 Å². The number of nitrogens with one attached hydrogen (secondary N) is 4. The van der Waals surface area contributed by atoms with E-state index in [1.807, 2.05) is 24.3 Å². The van der Waals surface area contributed by atoms with Crippen LogP contribution < -0.4 is 21.3 Å². The summed E-state index contributed by atoms with van der Waals surface area (Å²) in [6.07, 6.45) is 0. The van der Waals surface area contributed by atoms with E-state index in [4.69, 9.17) is 0 Å². The van der Waals surface area contributed by atoms with E-state index in [1.165, 1.54) is 0 Å². The zero-order valence-corrected chi connectivity index (χ0v) is 40.7. The molecule has 4 N–H and O–H groups in total. The number of rotatable bonds is 8. The summed E-state index contributed by atoms with van der Waals surface area (Å²) in [6, 6.07) is 54.6. The normalized spacial score (nSPS) is 13.1. The SMILES string of the molecule is O=C(Nc1ccc(Nc2ccc3c(c2)C(=O)c2ccc4c5c(ccc-3c25)C(=O)c2cc(Nc3ccc(NC(=O)c5ccccc5)c5c3C(=O)c3ccccc3C5=O)ccc2-4)c2c1C(=O)c1ccccc1C2=O)c1ccccc1. The molecule has 14 rings (SSSR count). The standard InChI is InChI=1S/C66H36N4O8/c71-59-45-25-24-40-38-22-20-36(68-50-28-30-52(70-66(78)34-13-5-2-6-14-34)58-56(50)62(74)42-16-8-10-18-44(42)64(58)76)32-48(38)60(72)46-26-23-39(53(45)54(40)46)37-21-19-35(31-47(37)59)67-49-27-29-51(69-65(77)33-11-3-1-4-12-33)57-55(49)61(73)41-15-7-9-17-43(41)63(57)75/h1-32,67-68H,(H,69,77)(H,70,78). The maximum atomic E-state index is 14.7. The van der Waals surface area contributed by atoms with Gasteiger partial charge < -0.3 is 21.3 Å². The Morgan fingerprint density at radius 3 is 0.936 bits per heavy atom. The molecule has 0 unspecified atom stereocenters. The molecule has 78 heavy (non-hydrogen) atoms. The summed E-state index contributed by atoms with van der Waals surface area (Å²) in [7, 11) is 0. The van der Waals surface area contributed by atoms with Gasteiger partial charge in [0.25, 0.3) is 11.8 Å². The van der Waals surface area contributed by atoms with Crippen LogP contribution in [0.15, 0.2) is 194 Å². The van der Waals surface area contributed by atoms with Crippen molar-refractivity contribution >= 4 is 91.4 Å². The molecule has 0 saturated heterocycles. The van der Waals surface area contributed by atoms with Gasteiger partial charge in [0, 0.05) is 77.8 Å². The minimum absolute atomic E-state index is 0.0518. The van der Waals surface area contributed by atoms with Crippen LogP contribution >= 0.6 is 0 Å². The number of hydrogen-bond acceptors (Lipinski definition) is 10. The van der Waals surface area contributed by atoms with Gasteiger partial charge in [-0.05, 0) is 107 Å². The third-order valence-electron chi connectivity index (χ3n) is 15.0. The Bertz CT molecular complexity index is 4200. The fraction of sp³-hybridized carbons (Fsp3) is 0.